The highest BCUT2D eigenvalue weighted by molar-refractivity contribution is 6.05. The Morgan fingerprint density at radius 3 is 2.26 bits per heavy atom. The number of carbonyl (C=O) groups excluding carboxylic acids is 2. The lowest BCUT2D eigenvalue weighted by atomic mass is 9.78. The second kappa shape index (κ2) is 6.87. The highest BCUT2D eigenvalue weighted by atomic mass is 16.5. The van der Waals surface area contributed by atoms with Crippen LogP contribution < -0.4 is 0 Å². The normalized spacial score (nSPS) is 34.5. The van der Waals surface area contributed by atoms with Gasteiger partial charge in [-0.3, -0.25) is 19.4 Å². The molecule has 2 aliphatic rings. The Hall–Kier alpha value is -0.980. The topological polar surface area (TPSA) is 70.1 Å². The average Bonchev–Trinajstić information content (AvgIpc) is 2.62. The zero-order chi connectivity index (χ0) is 17.4. The van der Waals surface area contributed by atoms with Gasteiger partial charge >= 0.3 is 0 Å². The summed E-state index contributed by atoms with van der Waals surface area (Å²) < 4.78 is 5.68. The number of aliphatic hydroxyl groups excluding tert-OH is 1. The summed E-state index contributed by atoms with van der Waals surface area (Å²) >= 11 is 0. The molecule has 2 aliphatic heterocycles. The smallest absolute Gasteiger partial charge is 0.235 e. The highest BCUT2D eigenvalue weighted by Crippen LogP contribution is 2.39. The van der Waals surface area contributed by atoms with Crippen LogP contribution in [0.5, 0.6) is 0 Å². The summed E-state index contributed by atoms with van der Waals surface area (Å²) in [7, 11) is 0. The number of likely N-dealkylation sites (tertiary alicyclic amines) is 1. The molecule has 0 aliphatic carbocycles. The molecule has 0 aromatic rings. The molecular weight excluding hydrogens is 296 g/mol. The molecule has 4 unspecified atom stereocenters. The van der Waals surface area contributed by atoms with Crippen molar-refractivity contribution in [2.24, 2.45) is 11.3 Å². The summed E-state index contributed by atoms with van der Waals surface area (Å²) in [6.07, 6.45) is -0.229. The van der Waals surface area contributed by atoms with Crippen LogP contribution in [0.25, 0.3) is 0 Å². The number of aliphatic hydroxyl groups is 1. The van der Waals surface area contributed by atoms with Crippen molar-refractivity contribution in [2.75, 3.05) is 26.2 Å². The Balaban J connectivity index is 1.94. The number of rotatable bonds is 5. The molecule has 0 aromatic carbocycles. The predicted octanol–water partition coefficient (Wildman–Crippen LogP) is 0.878. The van der Waals surface area contributed by atoms with E-state index in [2.05, 4.69) is 4.90 Å². The maximum atomic E-state index is 12.6. The van der Waals surface area contributed by atoms with Gasteiger partial charge < -0.3 is 9.84 Å². The molecule has 2 fully saturated rings. The molecular formula is C17H30N2O4. The molecule has 1 N–H and O–H groups in total. The molecule has 23 heavy (non-hydrogen) atoms. The highest BCUT2D eigenvalue weighted by Gasteiger charge is 2.50. The van der Waals surface area contributed by atoms with Gasteiger partial charge in [-0.1, -0.05) is 13.8 Å². The van der Waals surface area contributed by atoms with Crippen molar-refractivity contribution >= 4 is 11.8 Å². The number of hydrogen-bond donors (Lipinski definition) is 1. The van der Waals surface area contributed by atoms with Gasteiger partial charge in [0, 0.05) is 26.1 Å². The van der Waals surface area contributed by atoms with Crippen LogP contribution in [0.3, 0.4) is 0 Å². The summed E-state index contributed by atoms with van der Waals surface area (Å²) in [6.45, 7) is 11.8. The molecule has 2 rings (SSSR count). The summed E-state index contributed by atoms with van der Waals surface area (Å²) in [5.74, 6) is -0.226. The van der Waals surface area contributed by atoms with E-state index in [4.69, 9.17) is 4.74 Å². The van der Waals surface area contributed by atoms with E-state index < -0.39 is 11.5 Å². The van der Waals surface area contributed by atoms with Crippen molar-refractivity contribution < 1.29 is 19.4 Å². The molecule has 0 saturated carbocycles. The van der Waals surface area contributed by atoms with E-state index in [0.717, 1.165) is 13.1 Å². The lowest BCUT2D eigenvalue weighted by molar-refractivity contribution is -0.144. The predicted molar refractivity (Wildman–Crippen MR) is 86.7 cm³/mol. The second-order valence-electron chi connectivity index (χ2n) is 7.69. The quantitative estimate of drug-likeness (QED) is 0.760. The maximum Gasteiger partial charge on any atom is 0.235 e. The Kier molecular flexibility index (Phi) is 5.48. The van der Waals surface area contributed by atoms with Crippen LogP contribution in [-0.2, 0) is 14.3 Å². The van der Waals surface area contributed by atoms with E-state index in [0.29, 0.717) is 6.54 Å². The fourth-order valence-electron chi connectivity index (χ4n) is 3.54. The second-order valence-corrected chi connectivity index (χ2v) is 7.69. The summed E-state index contributed by atoms with van der Waals surface area (Å²) in [5.41, 5.74) is -0.640. The molecule has 4 atom stereocenters. The van der Waals surface area contributed by atoms with Gasteiger partial charge in [0.15, 0.2) is 0 Å². The van der Waals surface area contributed by atoms with Gasteiger partial charge in [-0.25, -0.2) is 0 Å². The molecule has 6 nitrogen and oxygen atoms in total. The third-order valence-electron chi connectivity index (χ3n) is 5.19. The molecule has 0 aromatic heterocycles. The molecule has 0 radical (unpaired) electrons. The van der Waals surface area contributed by atoms with E-state index in [1.54, 1.807) is 0 Å². The third kappa shape index (κ3) is 3.92. The minimum atomic E-state index is -0.727. The summed E-state index contributed by atoms with van der Waals surface area (Å²) in [6, 6.07) is 0. The Morgan fingerprint density at radius 2 is 1.78 bits per heavy atom. The molecule has 132 valence electrons. The minimum absolute atomic E-state index is 0.0834. The molecule has 2 amide bonds. The number of hydrogen-bond acceptors (Lipinski definition) is 5. The van der Waals surface area contributed by atoms with Gasteiger partial charge in [0.05, 0.1) is 30.3 Å². The van der Waals surface area contributed by atoms with Crippen LogP contribution in [-0.4, -0.2) is 71.2 Å². The molecule has 0 bridgehead atoms. The number of β-amino-alcohol motifs (C(OH)–C–C–N with tert-alkyl or cyclic N) is 1. The van der Waals surface area contributed by atoms with E-state index in [-0.39, 0.29) is 42.9 Å². The fourth-order valence-corrected chi connectivity index (χ4v) is 3.54. The minimum Gasteiger partial charge on any atom is -0.390 e. The zero-order valence-electron chi connectivity index (χ0n) is 14.9. The van der Waals surface area contributed by atoms with Gasteiger partial charge in [0.2, 0.25) is 11.8 Å². The molecule has 2 heterocycles. The van der Waals surface area contributed by atoms with Gasteiger partial charge in [-0.15, -0.1) is 0 Å². The lowest BCUT2D eigenvalue weighted by Crippen LogP contribution is -2.50. The van der Waals surface area contributed by atoms with Gasteiger partial charge in [-0.05, 0) is 26.7 Å². The number of ether oxygens (including phenoxy) is 1. The van der Waals surface area contributed by atoms with Crippen LogP contribution in [0, 0.1) is 11.3 Å². The summed E-state index contributed by atoms with van der Waals surface area (Å²) in [4.78, 5) is 28.2. The van der Waals surface area contributed by atoms with E-state index in [1.165, 1.54) is 4.90 Å². The Morgan fingerprint density at radius 1 is 1.22 bits per heavy atom. The number of carbonyl (C=O) groups is 2. The Bertz CT molecular complexity index is 458. The zero-order valence-corrected chi connectivity index (χ0v) is 14.9. The van der Waals surface area contributed by atoms with Crippen molar-refractivity contribution in [3.05, 3.63) is 0 Å². The number of imide groups is 1. The molecule has 0 spiro atoms. The maximum absolute atomic E-state index is 12.6. The van der Waals surface area contributed by atoms with Gasteiger partial charge in [-0.2, -0.15) is 0 Å². The van der Waals surface area contributed by atoms with E-state index >= 15 is 0 Å². The van der Waals surface area contributed by atoms with Gasteiger partial charge in [0.25, 0.3) is 0 Å². The van der Waals surface area contributed by atoms with Crippen LogP contribution in [0.4, 0.5) is 0 Å². The van der Waals surface area contributed by atoms with Crippen molar-refractivity contribution in [2.45, 2.75) is 59.4 Å². The van der Waals surface area contributed by atoms with Crippen LogP contribution in [0.1, 0.15) is 41.0 Å². The molecule has 2 saturated heterocycles. The van der Waals surface area contributed by atoms with Crippen LogP contribution in [0.15, 0.2) is 0 Å². The fraction of sp³-hybridized carbons (Fsp3) is 0.882. The first kappa shape index (κ1) is 18.4. The number of nitrogens with zero attached hydrogens (tertiary/aromatic N) is 2. The average molecular weight is 326 g/mol. The number of amides is 2. The van der Waals surface area contributed by atoms with Crippen molar-refractivity contribution in [1.82, 2.24) is 9.80 Å². The summed E-state index contributed by atoms with van der Waals surface area (Å²) in [5, 5.41) is 10.4. The molecule has 6 heteroatoms. The van der Waals surface area contributed by atoms with Crippen molar-refractivity contribution in [3.63, 3.8) is 0 Å². The van der Waals surface area contributed by atoms with Crippen molar-refractivity contribution in [1.29, 1.82) is 0 Å². The van der Waals surface area contributed by atoms with Crippen LogP contribution >= 0.6 is 0 Å². The number of morpholine rings is 1. The monoisotopic (exact) mass is 326 g/mol. The lowest BCUT2D eigenvalue weighted by Gasteiger charge is -2.36. The van der Waals surface area contributed by atoms with Crippen molar-refractivity contribution in [3.8, 4) is 0 Å². The third-order valence-corrected chi connectivity index (χ3v) is 5.19. The van der Waals surface area contributed by atoms with Crippen LogP contribution in [0.2, 0.25) is 0 Å². The SMILES string of the molecule is CC1CN(CC(O)CN2C(=O)CC(C)(C(C)C)C2=O)CC(C)O1. The van der Waals surface area contributed by atoms with E-state index in [1.807, 2.05) is 34.6 Å². The first-order chi connectivity index (χ1) is 10.6. The largest absolute Gasteiger partial charge is 0.390 e. The first-order valence-corrected chi connectivity index (χ1v) is 8.54. The van der Waals surface area contributed by atoms with E-state index in [9.17, 15) is 14.7 Å². The standard InChI is InChI=1S/C17H30N2O4/c1-11(2)17(5)6-15(21)19(16(17)22)10-14(20)9-18-7-12(3)23-13(4)8-18/h11-14,20H,6-10H2,1-5H3. The first-order valence-electron chi connectivity index (χ1n) is 8.54. The van der Waals surface area contributed by atoms with Gasteiger partial charge in [0.1, 0.15) is 0 Å². The Labute approximate surface area is 138 Å².